The highest BCUT2D eigenvalue weighted by Gasteiger charge is 2.10. The van der Waals surface area contributed by atoms with Gasteiger partial charge >= 0.3 is 0 Å². The quantitative estimate of drug-likeness (QED) is 0.437. The summed E-state index contributed by atoms with van der Waals surface area (Å²) in [7, 11) is 1.82. The number of aliphatic imine (C=N–C) groups is 1. The summed E-state index contributed by atoms with van der Waals surface area (Å²) in [6.07, 6.45) is 2.18. The molecule has 0 amide bonds. The molecule has 1 aliphatic heterocycles. The summed E-state index contributed by atoms with van der Waals surface area (Å²) in [5, 5.41) is 6.81. The Morgan fingerprint density at radius 3 is 2.41 bits per heavy atom. The zero-order valence-electron chi connectivity index (χ0n) is 16.2. The Morgan fingerprint density at radius 2 is 1.70 bits per heavy atom. The Morgan fingerprint density at radius 1 is 0.963 bits per heavy atom. The third kappa shape index (κ3) is 6.51. The highest BCUT2D eigenvalue weighted by atomic mass is 32.2. The molecule has 5 heteroatoms. The summed E-state index contributed by atoms with van der Waals surface area (Å²) in [6, 6.07) is 19.5. The van der Waals surface area contributed by atoms with E-state index >= 15 is 0 Å². The first kappa shape index (κ1) is 19.6. The molecule has 2 aromatic rings. The molecule has 0 radical (unpaired) electrons. The van der Waals surface area contributed by atoms with E-state index in [1.54, 1.807) is 0 Å². The largest absolute Gasteiger partial charge is 0.370 e. The monoisotopic (exact) mass is 382 g/mol. The van der Waals surface area contributed by atoms with Gasteiger partial charge in [-0.2, -0.15) is 11.8 Å². The molecule has 0 aromatic heterocycles. The van der Waals surface area contributed by atoms with Gasteiger partial charge in [-0.05, 0) is 36.1 Å². The summed E-state index contributed by atoms with van der Waals surface area (Å²) in [5.74, 6) is 3.32. The first-order valence-corrected chi connectivity index (χ1v) is 10.9. The number of aryl methyl sites for hydroxylation is 1. The van der Waals surface area contributed by atoms with E-state index in [4.69, 9.17) is 0 Å². The smallest absolute Gasteiger partial charge is 0.191 e. The van der Waals surface area contributed by atoms with Crippen molar-refractivity contribution < 1.29 is 0 Å². The average molecular weight is 383 g/mol. The minimum atomic E-state index is 0.786. The van der Waals surface area contributed by atoms with Crippen LogP contribution in [0.25, 0.3) is 0 Å². The number of nitrogens with zero attached hydrogens (tertiary/aromatic N) is 2. The molecule has 1 aliphatic rings. The molecule has 4 nitrogen and oxygen atoms in total. The fourth-order valence-electron chi connectivity index (χ4n) is 3.20. The number of anilines is 1. The van der Waals surface area contributed by atoms with E-state index in [0.29, 0.717) is 0 Å². The van der Waals surface area contributed by atoms with E-state index < -0.39 is 0 Å². The standard InChI is InChI=1S/C22H30N4S/c1-23-22(24-13-5-8-19-6-3-2-4-7-19)25-18-20-9-11-21(12-10-20)26-14-16-27-17-15-26/h2-4,6-7,9-12H,5,8,13-18H2,1H3,(H2,23,24,25). The summed E-state index contributed by atoms with van der Waals surface area (Å²) < 4.78 is 0. The molecule has 2 N–H and O–H groups in total. The van der Waals surface area contributed by atoms with Crippen molar-refractivity contribution in [2.75, 3.05) is 43.1 Å². The molecule has 0 spiro atoms. The van der Waals surface area contributed by atoms with Crippen LogP contribution in [0.3, 0.4) is 0 Å². The molecule has 0 atom stereocenters. The number of benzene rings is 2. The molecule has 27 heavy (non-hydrogen) atoms. The van der Waals surface area contributed by atoms with Gasteiger partial charge in [0.05, 0.1) is 0 Å². The zero-order chi connectivity index (χ0) is 18.7. The molecular weight excluding hydrogens is 352 g/mol. The third-order valence-corrected chi connectivity index (χ3v) is 5.72. The lowest BCUT2D eigenvalue weighted by atomic mass is 10.1. The fourth-order valence-corrected chi connectivity index (χ4v) is 4.10. The second kappa shape index (κ2) is 10.9. The molecule has 1 saturated heterocycles. The maximum absolute atomic E-state index is 4.32. The van der Waals surface area contributed by atoms with Crippen molar-refractivity contribution in [1.29, 1.82) is 0 Å². The first-order chi connectivity index (χ1) is 13.3. The van der Waals surface area contributed by atoms with Gasteiger partial charge in [0.15, 0.2) is 5.96 Å². The van der Waals surface area contributed by atoms with Gasteiger partial charge < -0.3 is 15.5 Å². The van der Waals surface area contributed by atoms with Crippen LogP contribution in [-0.2, 0) is 13.0 Å². The molecule has 3 rings (SSSR count). The first-order valence-electron chi connectivity index (χ1n) is 9.75. The second-order valence-corrected chi connectivity index (χ2v) is 7.93. The number of guanidine groups is 1. The van der Waals surface area contributed by atoms with Crippen molar-refractivity contribution in [3.63, 3.8) is 0 Å². The zero-order valence-corrected chi connectivity index (χ0v) is 17.0. The minimum Gasteiger partial charge on any atom is -0.370 e. The normalized spacial score (nSPS) is 14.9. The van der Waals surface area contributed by atoms with Crippen molar-refractivity contribution in [2.24, 2.45) is 4.99 Å². The van der Waals surface area contributed by atoms with Gasteiger partial charge in [-0.3, -0.25) is 4.99 Å². The van der Waals surface area contributed by atoms with Crippen LogP contribution in [0.2, 0.25) is 0 Å². The topological polar surface area (TPSA) is 39.7 Å². The van der Waals surface area contributed by atoms with Gasteiger partial charge in [-0.25, -0.2) is 0 Å². The maximum atomic E-state index is 4.32. The van der Waals surface area contributed by atoms with Gasteiger partial charge in [0.1, 0.15) is 0 Å². The van der Waals surface area contributed by atoms with Gasteiger partial charge in [0.25, 0.3) is 0 Å². The van der Waals surface area contributed by atoms with Crippen molar-refractivity contribution in [1.82, 2.24) is 10.6 Å². The second-order valence-electron chi connectivity index (χ2n) is 6.71. The van der Waals surface area contributed by atoms with Crippen LogP contribution < -0.4 is 15.5 Å². The highest BCUT2D eigenvalue weighted by Crippen LogP contribution is 2.19. The van der Waals surface area contributed by atoms with Gasteiger partial charge in [0.2, 0.25) is 0 Å². The summed E-state index contributed by atoms with van der Waals surface area (Å²) >= 11 is 2.05. The van der Waals surface area contributed by atoms with Crippen LogP contribution in [0.15, 0.2) is 59.6 Å². The number of thioether (sulfide) groups is 1. The van der Waals surface area contributed by atoms with Crippen LogP contribution in [-0.4, -0.2) is 44.1 Å². The number of hydrogen-bond donors (Lipinski definition) is 2. The van der Waals surface area contributed by atoms with Gasteiger partial charge in [-0.15, -0.1) is 0 Å². The summed E-state index contributed by atoms with van der Waals surface area (Å²) in [6.45, 7) is 4.01. The molecule has 144 valence electrons. The summed E-state index contributed by atoms with van der Waals surface area (Å²) in [4.78, 5) is 6.80. The minimum absolute atomic E-state index is 0.786. The lowest BCUT2D eigenvalue weighted by Gasteiger charge is -2.28. The number of hydrogen-bond acceptors (Lipinski definition) is 3. The third-order valence-electron chi connectivity index (χ3n) is 4.77. The Kier molecular flexibility index (Phi) is 7.90. The number of rotatable bonds is 7. The molecule has 0 saturated carbocycles. The Labute approximate surface area is 167 Å². The average Bonchev–Trinajstić information content (AvgIpc) is 2.75. The van der Waals surface area contributed by atoms with Crippen LogP contribution >= 0.6 is 11.8 Å². The molecule has 0 bridgehead atoms. The fraction of sp³-hybridized carbons (Fsp3) is 0.409. The van der Waals surface area contributed by atoms with E-state index in [0.717, 1.165) is 45.0 Å². The maximum Gasteiger partial charge on any atom is 0.191 e. The predicted octanol–water partition coefficient (Wildman–Crippen LogP) is 3.54. The Bertz CT molecular complexity index is 694. The predicted molar refractivity (Wildman–Crippen MR) is 119 cm³/mol. The van der Waals surface area contributed by atoms with Crippen LogP contribution in [0.1, 0.15) is 17.5 Å². The van der Waals surface area contributed by atoms with Crippen molar-refractivity contribution in [2.45, 2.75) is 19.4 Å². The van der Waals surface area contributed by atoms with E-state index in [1.807, 2.05) is 18.8 Å². The van der Waals surface area contributed by atoms with Gasteiger partial charge in [0, 0.05) is 50.4 Å². The Hall–Kier alpha value is -2.14. The molecule has 0 aliphatic carbocycles. The summed E-state index contributed by atoms with van der Waals surface area (Å²) in [5.41, 5.74) is 3.99. The molecule has 1 heterocycles. The van der Waals surface area contributed by atoms with E-state index in [2.05, 4.69) is 75.1 Å². The van der Waals surface area contributed by atoms with Crippen molar-refractivity contribution in [3.05, 3.63) is 65.7 Å². The van der Waals surface area contributed by atoms with Crippen LogP contribution in [0.4, 0.5) is 5.69 Å². The highest BCUT2D eigenvalue weighted by molar-refractivity contribution is 7.99. The van der Waals surface area contributed by atoms with E-state index in [1.165, 1.54) is 28.3 Å². The molecule has 0 unspecified atom stereocenters. The van der Waals surface area contributed by atoms with Crippen LogP contribution in [0, 0.1) is 0 Å². The lowest BCUT2D eigenvalue weighted by Crippen LogP contribution is -2.37. The van der Waals surface area contributed by atoms with E-state index in [-0.39, 0.29) is 0 Å². The van der Waals surface area contributed by atoms with E-state index in [9.17, 15) is 0 Å². The van der Waals surface area contributed by atoms with Crippen molar-refractivity contribution in [3.8, 4) is 0 Å². The lowest BCUT2D eigenvalue weighted by molar-refractivity contribution is 0.742. The van der Waals surface area contributed by atoms with Gasteiger partial charge in [-0.1, -0.05) is 42.5 Å². The number of nitrogens with one attached hydrogen (secondary N) is 2. The van der Waals surface area contributed by atoms with Crippen LogP contribution in [0.5, 0.6) is 0 Å². The molecular formula is C22H30N4S. The molecule has 1 fully saturated rings. The Balaban J connectivity index is 1.38. The van der Waals surface area contributed by atoms with Crippen molar-refractivity contribution >= 4 is 23.4 Å². The molecule has 2 aromatic carbocycles. The SMILES string of the molecule is CN=C(NCCCc1ccccc1)NCc1ccc(N2CCSCC2)cc1.